The lowest BCUT2D eigenvalue weighted by Gasteiger charge is -2.28. The molecular weight excluding hydrogens is 230 g/mol. The molecule has 1 rings (SSSR count). The molecule has 18 heavy (non-hydrogen) atoms. The third-order valence-electron chi connectivity index (χ3n) is 4.25. The topological polar surface area (TPSA) is 57.6 Å². The maximum absolute atomic E-state index is 12.2. The third kappa shape index (κ3) is 3.24. The lowest BCUT2D eigenvalue weighted by molar-refractivity contribution is -0.148. The molecule has 0 aromatic carbocycles. The van der Waals surface area contributed by atoms with E-state index in [1.165, 1.54) is 0 Å². The Labute approximate surface area is 109 Å². The predicted octanol–water partition coefficient (Wildman–Crippen LogP) is 2.24. The number of hydrogen-bond acceptors (Lipinski definition) is 2. The van der Waals surface area contributed by atoms with E-state index >= 15 is 0 Å². The van der Waals surface area contributed by atoms with Crippen molar-refractivity contribution < 1.29 is 14.7 Å². The standard InChI is InChI=1S/C14H25NO3/c1-9(10(2)13(17)18)12(16)15-7-6-11(8-15)14(3,4)5/h9-11H,6-8H2,1-5H3,(H,17,18). The van der Waals surface area contributed by atoms with E-state index in [0.29, 0.717) is 5.92 Å². The van der Waals surface area contributed by atoms with Gasteiger partial charge in [-0.1, -0.05) is 34.6 Å². The van der Waals surface area contributed by atoms with E-state index in [1.54, 1.807) is 13.8 Å². The summed E-state index contributed by atoms with van der Waals surface area (Å²) in [5.41, 5.74) is 0.205. The largest absolute Gasteiger partial charge is 0.481 e. The summed E-state index contributed by atoms with van der Waals surface area (Å²) in [6.07, 6.45) is 1.02. The zero-order valence-electron chi connectivity index (χ0n) is 12.1. The number of amides is 1. The zero-order chi connectivity index (χ0) is 14.1. The fraction of sp³-hybridized carbons (Fsp3) is 0.857. The summed E-state index contributed by atoms with van der Waals surface area (Å²) in [6, 6.07) is 0. The Kier molecular flexibility index (Phi) is 4.41. The van der Waals surface area contributed by atoms with Crippen LogP contribution in [0.3, 0.4) is 0 Å². The SMILES string of the molecule is CC(C(=O)O)C(C)C(=O)N1CCC(C(C)(C)C)C1. The summed E-state index contributed by atoms with van der Waals surface area (Å²) < 4.78 is 0. The smallest absolute Gasteiger partial charge is 0.307 e. The molecule has 1 amide bonds. The van der Waals surface area contributed by atoms with E-state index in [2.05, 4.69) is 20.8 Å². The van der Waals surface area contributed by atoms with Crippen molar-refractivity contribution in [1.29, 1.82) is 0 Å². The van der Waals surface area contributed by atoms with E-state index in [0.717, 1.165) is 19.5 Å². The molecule has 1 aliphatic rings. The number of carboxylic acids is 1. The first-order valence-corrected chi connectivity index (χ1v) is 6.66. The molecule has 3 atom stereocenters. The van der Waals surface area contributed by atoms with Gasteiger partial charge >= 0.3 is 5.97 Å². The van der Waals surface area contributed by atoms with Crippen LogP contribution in [0.5, 0.6) is 0 Å². The number of nitrogens with zero attached hydrogens (tertiary/aromatic N) is 1. The van der Waals surface area contributed by atoms with Crippen LogP contribution in [0.4, 0.5) is 0 Å². The second-order valence-corrected chi connectivity index (χ2v) is 6.55. The van der Waals surface area contributed by atoms with Gasteiger partial charge in [0.25, 0.3) is 0 Å². The molecule has 0 spiro atoms. The van der Waals surface area contributed by atoms with E-state index in [4.69, 9.17) is 5.11 Å². The van der Waals surface area contributed by atoms with Gasteiger partial charge in [0, 0.05) is 19.0 Å². The molecule has 4 heteroatoms. The lowest BCUT2D eigenvalue weighted by atomic mass is 9.80. The van der Waals surface area contributed by atoms with E-state index < -0.39 is 17.8 Å². The molecule has 0 saturated carbocycles. The van der Waals surface area contributed by atoms with Gasteiger partial charge in [0.1, 0.15) is 0 Å². The second-order valence-electron chi connectivity index (χ2n) is 6.55. The van der Waals surface area contributed by atoms with Crippen LogP contribution < -0.4 is 0 Å². The number of carbonyl (C=O) groups is 2. The summed E-state index contributed by atoms with van der Waals surface area (Å²) >= 11 is 0. The van der Waals surface area contributed by atoms with Crippen molar-refractivity contribution in [3.05, 3.63) is 0 Å². The third-order valence-corrected chi connectivity index (χ3v) is 4.25. The van der Waals surface area contributed by atoms with E-state index in [1.807, 2.05) is 4.90 Å². The summed E-state index contributed by atoms with van der Waals surface area (Å²) in [7, 11) is 0. The quantitative estimate of drug-likeness (QED) is 0.841. The highest BCUT2D eigenvalue weighted by Crippen LogP contribution is 2.34. The molecule has 3 unspecified atom stereocenters. The average Bonchev–Trinajstić information content (AvgIpc) is 2.74. The molecule has 1 saturated heterocycles. The Bertz CT molecular complexity index is 332. The Hall–Kier alpha value is -1.06. The first kappa shape index (κ1) is 15.0. The molecule has 1 N–H and O–H groups in total. The maximum Gasteiger partial charge on any atom is 0.307 e. The van der Waals surface area contributed by atoms with Gasteiger partial charge in [0.15, 0.2) is 0 Å². The number of rotatable bonds is 3. The van der Waals surface area contributed by atoms with Crippen molar-refractivity contribution in [2.24, 2.45) is 23.2 Å². The molecule has 104 valence electrons. The Morgan fingerprint density at radius 3 is 2.17 bits per heavy atom. The average molecular weight is 255 g/mol. The summed E-state index contributed by atoms with van der Waals surface area (Å²) in [5.74, 6) is -1.47. The van der Waals surface area contributed by atoms with Gasteiger partial charge in [-0.25, -0.2) is 0 Å². The highest BCUT2D eigenvalue weighted by molar-refractivity contribution is 5.84. The molecule has 1 fully saturated rings. The Morgan fingerprint density at radius 2 is 1.78 bits per heavy atom. The normalized spacial score (nSPS) is 23.8. The first-order valence-electron chi connectivity index (χ1n) is 6.66. The summed E-state index contributed by atoms with van der Waals surface area (Å²) in [6.45, 7) is 11.4. The number of hydrogen-bond donors (Lipinski definition) is 1. The fourth-order valence-electron chi connectivity index (χ4n) is 2.38. The summed E-state index contributed by atoms with van der Waals surface area (Å²) in [4.78, 5) is 25.0. The van der Waals surface area contributed by atoms with Crippen LogP contribution in [0.15, 0.2) is 0 Å². The minimum atomic E-state index is -0.901. The van der Waals surface area contributed by atoms with Gasteiger partial charge in [-0.05, 0) is 17.8 Å². The number of likely N-dealkylation sites (tertiary alicyclic amines) is 1. The van der Waals surface area contributed by atoms with Crippen LogP contribution in [0.25, 0.3) is 0 Å². The molecular formula is C14H25NO3. The monoisotopic (exact) mass is 255 g/mol. The Morgan fingerprint density at radius 1 is 1.22 bits per heavy atom. The maximum atomic E-state index is 12.2. The van der Waals surface area contributed by atoms with Gasteiger partial charge in [-0.3, -0.25) is 9.59 Å². The van der Waals surface area contributed by atoms with Crippen LogP contribution in [0.1, 0.15) is 41.0 Å². The van der Waals surface area contributed by atoms with Gasteiger partial charge in [-0.2, -0.15) is 0 Å². The fourth-order valence-corrected chi connectivity index (χ4v) is 2.38. The predicted molar refractivity (Wildman–Crippen MR) is 70.1 cm³/mol. The molecule has 4 nitrogen and oxygen atoms in total. The number of carboxylic acid groups (broad SMARTS) is 1. The van der Waals surface area contributed by atoms with Crippen molar-refractivity contribution >= 4 is 11.9 Å². The molecule has 0 aromatic rings. The molecule has 0 aromatic heterocycles. The van der Waals surface area contributed by atoms with E-state index in [9.17, 15) is 9.59 Å². The van der Waals surface area contributed by atoms with Crippen LogP contribution in [-0.4, -0.2) is 35.0 Å². The number of carbonyl (C=O) groups excluding carboxylic acids is 1. The highest BCUT2D eigenvalue weighted by Gasteiger charge is 2.37. The van der Waals surface area contributed by atoms with Crippen molar-refractivity contribution in [3.63, 3.8) is 0 Å². The minimum absolute atomic E-state index is 0.0170. The van der Waals surface area contributed by atoms with Gasteiger partial charge in [0.2, 0.25) is 5.91 Å². The Balaban J connectivity index is 2.63. The van der Waals surface area contributed by atoms with Crippen molar-refractivity contribution in [3.8, 4) is 0 Å². The van der Waals surface area contributed by atoms with Crippen LogP contribution in [-0.2, 0) is 9.59 Å². The first-order chi connectivity index (χ1) is 8.14. The van der Waals surface area contributed by atoms with Crippen LogP contribution >= 0.6 is 0 Å². The van der Waals surface area contributed by atoms with Crippen molar-refractivity contribution in [2.45, 2.75) is 41.0 Å². The highest BCUT2D eigenvalue weighted by atomic mass is 16.4. The van der Waals surface area contributed by atoms with Gasteiger partial charge < -0.3 is 10.0 Å². The zero-order valence-corrected chi connectivity index (χ0v) is 12.1. The van der Waals surface area contributed by atoms with Gasteiger partial charge in [0.05, 0.1) is 5.92 Å². The van der Waals surface area contributed by atoms with Crippen LogP contribution in [0.2, 0.25) is 0 Å². The molecule has 1 aliphatic heterocycles. The summed E-state index contributed by atoms with van der Waals surface area (Å²) in [5, 5.41) is 8.95. The number of aliphatic carboxylic acids is 1. The second kappa shape index (κ2) is 5.29. The molecule has 0 aliphatic carbocycles. The van der Waals surface area contributed by atoms with Crippen molar-refractivity contribution in [2.75, 3.05) is 13.1 Å². The van der Waals surface area contributed by atoms with E-state index in [-0.39, 0.29) is 11.3 Å². The molecule has 0 bridgehead atoms. The van der Waals surface area contributed by atoms with Gasteiger partial charge in [-0.15, -0.1) is 0 Å². The van der Waals surface area contributed by atoms with Crippen LogP contribution in [0, 0.1) is 23.2 Å². The molecule has 0 radical (unpaired) electrons. The van der Waals surface area contributed by atoms with Crippen molar-refractivity contribution in [1.82, 2.24) is 4.90 Å². The lowest BCUT2D eigenvalue weighted by Crippen LogP contribution is -2.38. The minimum Gasteiger partial charge on any atom is -0.481 e. The molecule has 1 heterocycles.